The van der Waals surface area contributed by atoms with Gasteiger partial charge in [-0.2, -0.15) is 0 Å². The smallest absolute Gasteiger partial charge is 0.341 e. The van der Waals surface area contributed by atoms with E-state index in [1.807, 2.05) is 25.1 Å². The lowest BCUT2D eigenvalue weighted by atomic mass is 9.92. The molecule has 0 aliphatic rings. The minimum atomic E-state index is -0.974. The molecule has 0 atom stereocenters. The molecule has 3 nitrogen and oxygen atoms in total. The zero-order valence-corrected chi connectivity index (χ0v) is 18.3. The highest BCUT2D eigenvalue weighted by molar-refractivity contribution is 7.99. The van der Waals surface area contributed by atoms with Crippen LogP contribution >= 0.6 is 11.8 Å². The van der Waals surface area contributed by atoms with Gasteiger partial charge in [0, 0.05) is 10.6 Å². The molecule has 0 saturated heterocycles. The zero-order chi connectivity index (χ0) is 21.5. The number of carboxylic acids is 1. The minimum absolute atomic E-state index is 0.327. The lowest BCUT2D eigenvalue weighted by Gasteiger charge is -2.14. The summed E-state index contributed by atoms with van der Waals surface area (Å²) in [6, 6.07) is 22.8. The van der Waals surface area contributed by atoms with Crippen LogP contribution in [0.25, 0.3) is 5.57 Å². The number of ether oxygens (including phenoxy) is 1. The Morgan fingerprint density at radius 1 is 0.900 bits per heavy atom. The Hall–Kier alpha value is -2.98. The molecule has 3 rings (SSSR count). The quantitative estimate of drug-likeness (QED) is 0.436. The average molecular weight is 419 g/mol. The summed E-state index contributed by atoms with van der Waals surface area (Å²) in [6.45, 7) is 5.90. The molecule has 30 heavy (non-hydrogen) atoms. The van der Waals surface area contributed by atoms with Gasteiger partial charge < -0.3 is 9.84 Å². The first-order valence-corrected chi connectivity index (χ1v) is 10.8. The van der Waals surface area contributed by atoms with Gasteiger partial charge >= 0.3 is 5.97 Å². The van der Waals surface area contributed by atoms with Crippen molar-refractivity contribution in [3.05, 3.63) is 101 Å². The van der Waals surface area contributed by atoms with E-state index in [0.717, 1.165) is 16.2 Å². The summed E-state index contributed by atoms with van der Waals surface area (Å²) in [7, 11) is 0. The van der Waals surface area contributed by atoms with Crippen LogP contribution in [0.1, 0.15) is 27.8 Å². The predicted octanol–water partition coefficient (Wildman–Crippen LogP) is 6.30. The molecule has 3 aromatic carbocycles. The van der Waals surface area contributed by atoms with Crippen LogP contribution in [0.5, 0.6) is 5.75 Å². The van der Waals surface area contributed by atoms with Gasteiger partial charge in [0.2, 0.25) is 0 Å². The average Bonchev–Trinajstić information content (AvgIpc) is 2.72. The minimum Gasteiger partial charge on any atom is -0.482 e. The van der Waals surface area contributed by atoms with Crippen LogP contribution in [0.2, 0.25) is 0 Å². The zero-order valence-electron chi connectivity index (χ0n) is 17.5. The van der Waals surface area contributed by atoms with Crippen molar-refractivity contribution in [2.75, 3.05) is 12.4 Å². The van der Waals surface area contributed by atoms with Gasteiger partial charge in [0.1, 0.15) is 5.75 Å². The number of carboxylic acid groups (broad SMARTS) is 1. The first kappa shape index (κ1) is 21.7. The molecule has 0 aliphatic heterocycles. The monoisotopic (exact) mass is 418 g/mol. The van der Waals surface area contributed by atoms with Crippen molar-refractivity contribution in [3.8, 4) is 5.75 Å². The van der Waals surface area contributed by atoms with Crippen LogP contribution in [0, 0.1) is 20.8 Å². The third-order valence-electron chi connectivity index (χ3n) is 4.91. The fourth-order valence-corrected chi connectivity index (χ4v) is 4.22. The van der Waals surface area contributed by atoms with Gasteiger partial charge in [0.15, 0.2) is 6.61 Å². The lowest BCUT2D eigenvalue weighted by molar-refractivity contribution is -0.139. The molecule has 0 aliphatic carbocycles. The summed E-state index contributed by atoms with van der Waals surface area (Å²) >= 11 is 1.75. The number of carbonyl (C=O) groups is 1. The van der Waals surface area contributed by atoms with E-state index in [1.54, 1.807) is 11.8 Å². The summed E-state index contributed by atoms with van der Waals surface area (Å²) in [6.07, 6.45) is 2.29. The molecular weight excluding hydrogens is 392 g/mol. The number of aryl methyl sites for hydroxylation is 3. The number of hydrogen-bond donors (Lipinski definition) is 1. The van der Waals surface area contributed by atoms with E-state index in [0.29, 0.717) is 5.75 Å². The summed E-state index contributed by atoms with van der Waals surface area (Å²) < 4.78 is 5.32. The molecule has 3 aromatic rings. The van der Waals surface area contributed by atoms with Crippen molar-refractivity contribution in [3.63, 3.8) is 0 Å². The molecule has 4 heteroatoms. The maximum Gasteiger partial charge on any atom is 0.341 e. The van der Waals surface area contributed by atoms with E-state index >= 15 is 0 Å². The second-order valence-electron chi connectivity index (χ2n) is 7.17. The Morgan fingerprint density at radius 2 is 1.50 bits per heavy atom. The number of benzene rings is 3. The highest BCUT2D eigenvalue weighted by Crippen LogP contribution is 2.31. The molecule has 154 valence electrons. The maximum atomic E-state index is 10.7. The Labute approximate surface area is 182 Å². The molecule has 0 bridgehead atoms. The summed E-state index contributed by atoms with van der Waals surface area (Å²) in [4.78, 5) is 11.8. The lowest BCUT2D eigenvalue weighted by Crippen LogP contribution is -2.09. The van der Waals surface area contributed by atoms with E-state index in [1.165, 1.54) is 27.8 Å². The van der Waals surface area contributed by atoms with Crippen LogP contribution in [0.15, 0.2) is 77.7 Å². The van der Waals surface area contributed by atoms with Gasteiger partial charge in [-0.05, 0) is 72.4 Å². The number of aliphatic carboxylic acids is 1. The first-order valence-electron chi connectivity index (χ1n) is 9.86. The molecule has 0 amide bonds. The molecule has 0 unspecified atom stereocenters. The van der Waals surface area contributed by atoms with Crippen molar-refractivity contribution < 1.29 is 14.6 Å². The van der Waals surface area contributed by atoms with Gasteiger partial charge in [-0.15, -0.1) is 11.8 Å². The summed E-state index contributed by atoms with van der Waals surface area (Å²) in [5.74, 6) is 0.461. The van der Waals surface area contributed by atoms with Crippen molar-refractivity contribution in [2.45, 2.75) is 25.7 Å². The van der Waals surface area contributed by atoms with Gasteiger partial charge in [-0.25, -0.2) is 4.79 Å². The SMILES string of the molecule is Cc1cc(SCC=C(c2ccccc2C)c2ccccc2C)ccc1OCC(=O)O. The maximum absolute atomic E-state index is 10.7. The third-order valence-corrected chi connectivity index (χ3v) is 5.83. The number of rotatable bonds is 8. The second-order valence-corrected chi connectivity index (χ2v) is 8.26. The van der Waals surface area contributed by atoms with E-state index in [4.69, 9.17) is 9.84 Å². The van der Waals surface area contributed by atoms with E-state index in [2.05, 4.69) is 68.5 Å². The molecule has 0 aromatic heterocycles. The molecule has 1 N–H and O–H groups in total. The highest BCUT2D eigenvalue weighted by Gasteiger charge is 2.10. The number of hydrogen-bond acceptors (Lipinski definition) is 3. The van der Waals surface area contributed by atoms with Crippen LogP contribution in [0.3, 0.4) is 0 Å². The largest absolute Gasteiger partial charge is 0.482 e. The van der Waals surface area contributed by atoms with Crippen LogP contribution in [0.4, 0.5) is 0 Å². The third kappa shape index (κ3) is 5.55. The summed E-state index contributed by atoms with van der Waals surface area (Å²) in [5, 5.41) is 8.78. The Balaban J connectivity index is 1.82. The Kier molecular flexibility index (Phi) is 7.36. The first-order chi connectivity index (χ1) is 14.5. The van der Waals surface area contributed by atoms with Crippen LogP contribution in [-0.4, -0.2) is 23.4 Å². The molecule has 0 fully saturated rings. The molecular formula is C26H26O3S. The van der Waals surface area contributed by atoms with Crippen LogP contribution in [-0.2, 0) is 4.79 Å². The standard InChI is InChI=1S/C26H26O3S/c1-18-8-4-6-10-22(18)24(23-11-7-5-9-19(23)2)14-15-30-21-12-13-25(20(3)16-21)29-17-26(27)28/h4-14,16H,15,17H2,1-3H3,(H,27,28). The van der Waals surface area contributed by atoms with E-state index in [-0.39, 0.29) is 6.61 Å². The Morgan fingerprint density at radius 3 is 2.03 bits per heavy atom. The highest BCUT2D eigenvalue weighted by atomic mass is 32.2. The van der Waals surface area contributed by atoms with Crippen molar-refractivity contribution in [1.82, 2.24) is 0 Å². The van der Waals surface area contributed by atoms with Gasteiger partial charge in [-0.3, -0.25) is 0 Å². The fourth-order valence-electron chi connectivity index (χ4n) is 3.35. The second kappa shape index (κ2) is 10.2. The Bertz CT molecular complexity index is 1020. The van der Waals surface area contributed by atoms with Crippen molar-refractivity contribution in [2.24, 2.45) is 0 Å². The topological polar surface area (TPSA) is 46.5 Å². The van der Waals surface area contributed by atoms with E-state index < -0.39 is 5.97 Å². The van der Waals surface area contributed by atoms with Gasteiger partial charge in [-0.1, -0.05) is 54.6 Å². The van der Waals surface area contributed by atoms with Gasteiger partial charge in [0.05, 0.1) is 0 Å². The molecule has 0 heterocycles. The fraction of sp³-hybridized carbons (Fsp3) is 0.192. The summed E-state index contributed by atoms with van der Waals surface area (Å²) in [5.41, 5.74) is 7.20. The van der Waals surface area contributed by atoms with Crippen LogP contribution < -0.4 is 4.74 Å². The predicted molar refractivity (Wildman–Crippen MR) is 124 cm³/mol. The molecule has 0 saturated carbocycles. The number of thioether (sulfide) groups is 1. The van der Waals surface area contributed by atoms with Crippen molar-refractivity contribution >= 4 is 23.3 Å². The van der Waals surface area contributed by atoms with Gasteiger partial charge in [0.25, 0.3) is 0 Å². The van der Waals surface area contributed by atoms with Crippen molar-refractivity contribution in [1.29, 1.82) is 0 Å². The molecule has 0 spiro atoms. The normalized spacial score (nSPS) is 10.5. The van der Waals surface area contributed by atoms with E-state index in [9.17, 15) is 4.79 Å². The molecule has 0 radical (unpaired) electrons.